The highest BCUT2D eigenvalue weighted by molar-refractivity contribution is 6.03. The lowest BCUT2D eigenvalue weighted by Crippen LogP contribution is -2.30. The van der Waals surface area contributed by atoms with Gasteiger partial charge in [-0.15, -0.1) is 0 Å². The largest absolute Gasteiger partial charge is 0.507 e. The van der Waals surface area contributed by atoms with Gasteiger partial charge < -0.3 is 15.7 Å². The van der Waals surface area contributed by atoms with E-state index in [0.29, 0.717) is 12.2 Å². The molecular weight excluding hydrogens is 288 g/mol. The first kappa shape index (κ1) is 15.7. The van der Waals surface area contributed by atoms with Crippen LogP contribution >= 0.6 is 0 Å². The molecule has 0 bridgehead atoms. The molecule has 2 aromatic carbocycles. The van der Waals surface area contributed by atoms with Gasteiger partial charge in [0.25, 0.3) is 0 Å². The van der Waals surface area contributed by atoms with E-state index in [9.17, 15) is 9.90 Å². The zero-order valence-electron chi connectivity index (χ0n) is 13.3. The fourth-order valence-corrected chi connectivity index (χ4v) is 3.43. The van der Waals surface area contributed by atoms with Gasteiger partial charge in [0, 0.05) is 17.3 Å². The molecule has 1 saturated carbocycles. The Hall–Kier alpha value is -2.23. The number of hydrogen-bond donors (Lipinski definition) is 3. The molecule has 1 aliphatic carbocycles. The van der Waals surface area contributed by atoms with E-state index in [1.165, 1.54) is 32.1 Å². The van der Waals surface area contributed by atoms with Gasteiger partial charge in [-0.3, -0.25) is 0 Å². The summed E-state index contributed by atoms with van der Waals surface area (Å²) in [6.07, 6.45) is 7.67. The summed E-state index contributed by atoms with van der Waals surface area (Å²) < 4.78 is 0. The number of carbonyl (C=O) groups is 1. The van der Waals surface area contributed by atoms with Crippen LogP contribution in [0.2, 0.25) is 0 Å². The van der Waals surface area contributed by atoms with Gasteiger partial charge in [0.1, 0.15) is 5.75 Å². The highest BCUT2D eigenvalue weighted by Gasteiger charge is 2.13. The Morgan fingerprint density at radius 3 is 2.61 bits per heavy atom. The first-order valence-corrected chi connectivity index (χ1v) is 8.49. The predicted octanol–water partition coefficient (Wildman–Crippen LogP) is 4.64. The van der Waals surface area contributed by atoms with Crippen LogP contribution in [-0.4, -0.2) is 17.7 Å². The van der Waals surface area contributed by atoms with Crippen molar-refractivity contribution in [2.75, 3.05) is 11.9 Å². The maximum atomic E-state index is 12.1. The number of carbonyl (C=O) groups excluding carboxylic acids is 1. The Bertz CT molecular complexity index is 678. The third kappa shape index (κ3) is 3.95. The number of aromatic hydroxyl groups is 1. The predicted molar refractivity (Wildman–Crippen MR) is 93.8 cm³/mol. The summed E-state index contributed by atoms with van der Waals surface area (Å²) in [6, 6.07) is 10.7. The van der Waals surface area contributed by atoms with E-state index in [1.807, 2.05) is 24.3 Å². The van der Waals surface area contributed by atoms with Crippen molar-refractivity contribution in [2.45, 2.75) is 38.5 Å². The summed E-state index contributed by atoms with van der Waals surface area (Å²) in [7, 11) is 0. The third-order valence-corrected chi connectivity index (χ3v) is 4.71. The fourth-order valence-electron chi connectivity index (χ4n) is 3.43. The van der Waals surface area contributed by atoms with Gasteiger partial charge in [0.2, 0.25) is 0 Å². The molecule has 0 aliphatic heterocycles. The van der Waals surface area contributed by atoms with Crippen LogP contribution in [0, 0.1) is 5.92 Å². The van der Waals surface area contributed by atoms with Crippen molar-refractivity contribution in [1.29, 1.82) is 0 Å². The molecule has 0 saturated heterocycles. The van der Waals surface area contributed by atoms with Crippen LogP contribution in [0.4, 0.5) is 10.5 Å². The standard InChI is InChI=1S/C19H24N2O2/c22-18-11-5-8-15-16(18)9-4-10-17(15)21-19(23)20-13-12-14-6-2-1-3-7-14/h4-5,8-11,14,22H,1-3,6-7,12-13H2,(H2,20,21,23). The Morgan fingerprint density at radius 2 is 1.78 bits per heavy atom. The second-order valence-corrected chi connectivity index (χ2v) is 6.35. The minimum Gasteiger partial charge on any atom is -0.507 e. The Balaban J connectivity index is 1.56. The maximum absolute atomic E-state index is 12.1. The smallest absolute Gasteiger partial charge is 0.319 e. The van der Waals surface area contributed by atoms with Gasteiger partial charge in [0.05, 0.1) is 5.69 Å². The summed E-state index contributed by atoms with van der Waals surface area (Å²) in [6.45, 7) is 0.715. The molecule has 3 N–H and O–H groups in total. The molecule has 2 amide bonds. The molecule has 2 aromatic rings. The first-order chi connectivity index (χ1) is 11.2. The van der Waals surface area contributed by atoms with Gasteiger partial charge >= 0.3 is 6.03 Å². The van der Waals surface area contributed by atoms with Gasteiger partial charge in [-0.05, 0) is 24.5 Å². The molecular formula is C19H24N2O2. The van der Waals surface area contributed by atoms with Crippen LogP contribution in [0.25, 0.3) is 10.8 Å². The lowest BCUT2D eigenvalue weighted by atomic mass is 9.87. The van der Waals surface area contributed by atoms with Crippen LogP contribution in [0.5, 0.6) is 5.75 Å². The molecule has 1 aliphatic rings. The van der Waals surface area contributed by atoms with E-state index in [0.717, 1.165) is 23.1 Å². The van der Waals surface area contributed by atoms with Crippen molar-refractivity contribution in [3.63, 3.8) is 0 Å². The van der Waals surface area contributed by atoms with Gasteiger partial charge in [-0.25, -0.2) is 4.79 Å². The van der Waals surface area contributed by atoms with Crippen LogP contribution < -0.4 is 10.6 Å². The molecule has 3 rings (SSSR count). The number of benzene rings is 2. The summed E-state index contributed by atoms with van der Waals surface area (Å²) in [5.74, 6) is 0.988. The second kappa shape index (κ2) is 7.36. The molecule has 1 fully saturated rings. The molecule has 0 radical (unpaired) electrons. The zero-order valence-corrected chi connectivity index (χ0v) is 13.3. The number of anilines is 1. The molecule has 23 heavy (non-hydrogen) atoms. The number of amides is 2. The number of phenolic OH excluding ortho intramolecular Hbond substituents is 1. The summed E-state index contributed by atoms with van der Waals surface area (Å²) in [4.78, 5) is 12.1. The van der Waals surface area contributed by atoms with Crippen molar-refractivity contribution >= 4 is 22.5 Å². The lowest BCUT2D eigenvalue weighted by Gasteiger charge is -2.21. The van der Waals surface area contributed by atoms with Crippen LogP contribution in [-0.2, 0) is 0 Å². The van der Waals surface area contributed by atoms with Crippen LogP contribution in [0.15, 0.2) is 36.4 Å². The number of nitrogens with one attached hydrogen (secondary N) is 2. The Labute approximate surface area is 136 Å². The summed E-state index contributed by atoms with van der Waals surface area (Å²) in [5.41, 5.74) is 0.716. The average Bonchev–Trinajstić information content (AvgIpc) is 2.57. The van der Waals surface area contributed by atoms with Crippen LogP contribution in [0.3, 0.4) is 0 Å². The fraction of sp³-hybridized carbons (Fsp3) is 0.421. The highest BCUT2D eigenvalue weighted by Crippen LogP contribution is 2.29. The van der Waals surface area contributed by atoms with E-state index in [-0.39, 0.29) is 11.8 Å². The van der Waals surface area contributed by atoms with E-state index in [4.69, 9.17) is 0 Å². The molecule has 122 valence electrons. The Kier molecular flexibility index (Phi) is 5.01. The second-order valence-electron chi connectivity index (χ2n) is 6.35. The van der Waals surface area contributed by atoms with Crippen molar-refractivity contribution in [3.8, 4) is 5.75 Å². The van der Waals surface area contributed by atoms with E-state index >= 15 is 0 Å². The number of hydrogen-bond acceptors (Lipinski definition) is 2. The van der Waals surface area contributed by atoms with Crippen molar-refractivity contribution in [1.82, 2.24) is 5.32 Å². The average molecular weight is 312 g/mol. The SMILES string of the molecule is O=C(NCCC1CCCCC1)Nc1cccc2c(O)cccc12. The molecule has 4 heteroatoms. The van der Waals surface area contributed by atoms with Crippen molar-refractivity contribution in [2.24, 2.45) is 5.92 Å². The van der Waals surface area contributed by atoms with E-state index in [2.05, 4.69) is 10.6 Å². The van der Waals surface area contributed by atoms with Gasteiger partial charge in [-0.1, -0.05) is 56.4 Å². The van der Waals surface area contributed by atoms with E-state index < -0.39 is 0 Å². The van der Waals surface area contributed by atoms with Crippen molar-refractivity contribution in [3.05, 3.63) is 36.4 Å². The molecule has 0 heterocycles. The van der Waals surface area contributed by atoms with Crippen molar-refractivity contribution < 1.29 is 9.90 Å². The molecule has 4 nitrogen and oxygen atoms in total. The number of fused-ring (bicyclic) bond motifs is 1. The minimum atomic E-state index is -0.184. The number of rotatable bonds is 4. The first-order valence-electron chi connectivity index (χ1n) is 8.49. The lowest BCUT2D eigenvalue weighted by molar-refractivity contribution is 0.250. The number of phenols is 1. The topological polar surface area (TPSA) is 61.4 Å². The minimum absolute atomic E-state index is 0.184. The molecule has 0 aromatic heterocycles. The third-order valence-electron chi connectivity index (χ3n) is 4.71. The maximum Gasteiger partial charge on any atom is 0.319 e. The summed E-state index contributed by atoms with van der Waals surface area (Å²) in [5, 5.41) is 17.3. The van der Waals surface area contributed by atoms with Crippen LogP contribution in [0.1, 0.15) is 38.5 Å². The Morgan fingerprint density at radius 1 is 1.04 bits per heavy atom. The molecule has 0 unspecified atom stereocenters. The molecule has 0 spiro atoms. The highest BCUT2D eigenvalue weighted by atomic mass is 16.3. The molecule has 0 atom stereocenters. The number of urea groups is 1. The van der Waals surface area contributed by atoms with Gasteiger partial charge in [-0.2, -0.15) is 0 Å². The zero-order chi connectivity index (χ0) is 16.1. The van der Waals surface area contributed by atoms with Gasteiger partial charge in [0.15, 0.2) is 0 Å². The summed E-state index contributed by atoms with van der Waals surface area (Å²) >= 11 is 0. The monoisotopic (exact) mass is 312 g/mol. The quantitative estimate of drug-likeness (QED) is 0.770. The normalized spacial score (nSPS) is 15.5. The van der Waals surface area contributed by atoms with E-state index in [1.54, 1.807) is 12.1 Å².